The summed E-state index contributed by atoms with van der Waals surface area (Å²) in [6.07, 6.45) is 0.0914. The van der Waals surface area contributed by atoms with Gasteiger partial charge in [0.15, 0.2) is 0 Å². The number of hydrogen-bond acceptors (Lipinski definition) is 2. The molecule has 0 spiro atoms. The molecule has 0 aliphatic heterocycles. The van der Waals surface area contributed by atoms with Crippen LogP contribution in [0.5, 0.6) is 5.75 Å². The van der Waals surface area contributed by atoms with Crippen LogP contribution in [0.15, 0.2) is 46.9 Å². The Kier molecular flexibility index (Phi) is 4.96. The molecule has 0 heterocycles. The van der Waals surface area contributed by atoms with Crippen LogP contribution in [-0.2, 0) is 0 Å². The number of carbonyl (C=O) groups is 1. The highest BCUT2D eigenvalue weighted by molar-refractivity contribution is 9.10. The van der Waals surface area contributed by atoms with E-state index in [1.807, 2.05) is 13.8 Å². The zero-order chi connectivity index (χ0) is 15.4. The summed E-state index contributed by atoms with van der Waals surface area (Å²) in [5.41, 5.74) is 0.866. The minimum Gasteiger partial charge on any atom is -0.491 e. The van der Waals surface area contributed by atoms with E-state index in [-0.39, 0.29) is 22.0 Å². The van der Waals surface area contributed by atoms with Crippen LogP contribution in [0.25, 0.3) is 0 Å². The van der Waals surface area contributed by atoms with Crippen LogP contribution in [0.2, 0.25) is 0 Å². The molecule has 1 N–H and O–H groups in total. The lowest BCUT2D eigenvalue weighted by Gasteiger charge is -2.11. The fraction of sp³-hybridized carbons (Fsp3) is 0.188. The van der Waals surface area contributed by atoms with E-state index in [1.165, 1.54) is 12.1 Å². The van der Waals surface area contributed by atoms with E-state index in [4.69, 9.17) is 4.74 Å². The Morgan fingerprint density at radius 2 is 1.86 bits per heavy atom. The first kappa shape index (κ1) is 15.5. The molecule has 0 radical (unpaired) electrons. The fourth-order valence-corrected chi connectivity index (χ4v) is 2.21. The number of hydrogen-bond donors (Lipinski definition) is 1. The number of nitrogens with one attached hydrogen (secondary N) is 1. The summed E-state index contributed by atoms with van der Waals surface area (Å²) in [4.78, 5) is 12.1. The van der Waals surface area contributed by atoms with Gasteiger partial charge in [-0.05, 0) is 66.2 Å². The third-order valence-electron chi connectivity index (χ3n) is 2.68. The second-order valence-electron chi connectivity index (χ2n) is 4.75. The van der Waals surface area contributed by atoms with Crippen LogP contribution in [0, 0.1) is 5.82 Å². The van der Waals surface area contributed by atoms with E-state index in [2.05, 4.69) is 21.2 Å². The van der Waals surface area contributed by atoms with Gasteiger partial charge < -0.3 is 10.1 Å². The summed E-state index contributed by atoms with van der Waals surface area (Å²) >= 11 is 3.08. The number of ether oxygens (including phenoxy) is 1. The van der Waals surface area contributed by atoms with Gasteiger partial charge in [0.2, 0.25) is 0 Å². The molecule has 0 saturated heterocycles. The molecular weight excluding hydrogens is 337 g/mol. The number of anilines is 1. The van der Waals surface area contributed by atoms with E-state index in [0.717, 1.165) is 5.75 Å². The highest BCUT2D eigenvalue weighted by atomic mass is 79.9. The molecule has 2 aromatic carbocycles. The molecule has 5 heteroatoms. The van der Waals surface area contributed by atoms with Gasteiger partial charge in [-0.3, -0.25) is 4.79 Å². The molecule has 2 rings (SSSR count). The largest absolute Gasteiger partial charge is 0.491 e. The molecule has 21 heavy (non-hydrogen) atoms. The zero-order valence-electron chi connectivity index (χ0n) is 11.7. The Morgan fingerprint density at radius 3 is 2.48 bits per heavy atom. The summed E-state index contributed by atoms with van der Waals surface area (Å²) in [5.74, 6) is -0.114. The van der Waals surface area contributed by atoms with Crippen LogP contribution in [0.3, 0.4) is 0 Å². The van der Waals surface area contributed by atoms with E-state index in [0.29, 0.717) is 5.69 Å². The Labute approximate surface area is 131 Å². The van der Waals surface area contributed by atoms with Gasteiger partial charge in [0.25, 0.3) is 5.91 Å². The van der Waals surface area contributed by atoms with Crippen LogP contribution in [0.4, 0.5) is 10.1 Å². The van der Waals surface area contributed by atoms with Crippen LogP contribution < -0.4 is 10.1 Å². The fourth-order valence-electron chi connectivity index (χ4n) is 1.77. The number of amides is 1. The van der Waals surface area contributed by atoms with Gasteiger partial charge in [-0.15, -0.1) is 0 Å². The molecule has 0 atom stereocenters. The van der Waals surface area contributed by atoms with Crippen molar-refractivity contribution in [2.75, 3.05) is 5.32 Å². The predicted molar refractivity (Wildman–Crippen MR) is 84.3 cm³/mol. The number of rotatable bonds is 4. The molecule has 0 fully saturated rings. The van der Waals surface area contributed by atoms with Crippen molar-refractivity contribution in [3.8, 4) is 5.75 Å². The quantitative estimate of drug-likeness (QED) is 0.872. The van der Waals surface area contributed by atoms with Gasteiger partial charge >= 0.3 is 0 Å². The molecular formula is C16H15BrFNO2. The molecule has 0 saturated carbocycles. The van der Waals surface area contributed by atoms with Crippen LogP contribution >= 0.6 is 15.9 Å². The lowest BCUT2D eigenvalue weighted by atomic mass is 10.2. The normalized spacial score (nSPS) is 10.5. The number of halogens is 2. The summed E-state index contributed by atoms with van der Waals surface area (Å²) in [6.45, 7) is 3.88. The SMILES string of the molecule is CC(C)Oc1ccc(NC(=O)c2cccc(F)c2Br)cc1. The molecule has 1 amide bonds. The summed E-state index contributed by atoms with van der Waals surface area (Å²) in [5, 5.41) is 2.72. The average Bonchev–Trinajstić information content (AvgIpc) is 2.43. The van der Waals surface area contributed by atoms with Crippen molar-refractivity contribution in [1.29, 1.82) is 0 Å². The maximum Gasteiger partial charge on any atom is 0.256 e. The predicted octanol–water partition coefficient (Wildman–Crippen LogP) is 4.63. The van der Waals surface area contributed by atoms with Crippen molar-refractivity contribution >= 4 is 27.5 Å². The Hall–Kier alpha value is -1.88. The van der Waals surface area contributed by atoms with Gasteiger partial charge in [-0.1, -0.05) is 6.07 Å². The van der Waals surface area contributed by atoms with Crippen LogP contribution in [-0.4, -0.2) is 12.0 Å². The van der Waals surface area contributed by atoms with Crippen molar-refractivity contribution in [3.05, 3.63) is 58.3 Å². The second-order valence-corrected chi connectivity index (χ2v) is 5.54. The minimum absolute atomic E-state index is 0.0914. The molecule has 0 unspecified atom stereocenters. The van der Waals surface area contributed by atoms with Crippen molar-refractivity contribution in [2.45, 2.75) is 20.0 Å². The van der Waals surface area contributed by atoms with E-state index < -0.39 is 5.82 Å². The van der Waals surface area contributed by atoms with Gasteiger partial charge in [0.1, 0.15) is 11.6 Å². The highest BCUT2D eigenvalue weighted by Crippen LogP contribution is 2.22. The number of benzene rings is 2. The zero-order valence-corrected chi connectivity index (χ0v) is 13.3. The Morgan fingerprint density at radius 1 is 1.19 bits per heavy atom. The van der Waals surface area contributed by atoms with Gasteiger partial charge in [0, 0.05) is 5.69 Å². The van der Waals surface area contributed by atoms with Crippen molar-refractivity contribution in [1.82, 2.24) is 0 Å². The molecule has 3 nitrogen and oxygen atoms in total. The molecule has 110 valence electrons. The average molecular weight is 352 g/mol. The summed E-state index contributed by atoms with van der Waals surface area (Å²) < 4.78 is 19.1. The second kappa shape index (κ2) is 6.72. The Balaban J connectivity index is 2.11. The summed E-state index contributed by atoms with van der Waals surface area (Å²) in [7, 11) is 0. The molecule has 2 aromatic rings. The monoisotopic (exact) mass is 351 g/mol. The van der Waals surface area contributed by atoms with E-state index >= 15 is 0 Å². The van der Waals surface area contributed by atoms with E-state index in [1.54, 1.807) is 30.3 Å². The molecule has 0 aliphatic carbocycles. The standard InChI is InChI=1S/C16H15BrFNO2/c1-10(2)21-12-8-6-11(7-9-12)19-16(20)13-4-3-5-14(18)15(13)17/h3-10H,1-2H3,(H,19,20). The van der Waals surface area contributed by atoms with Gasteiger partial charge in [-0.2, -0.15) is 0 Å². The van der Waals surface area contributed by atoms with Crippen molar-refractivity contribution < 1.29 is 13.9 Å². The van der Waals surface area contributed by atoms with Crippen LogP contribution in [0.1, 0.15) is 24.2 Å². The topological polar surface area (TPSA) is 38.3 Å². The summed E-state index contributed by atoms with van der Waals surface area (Å²) in [6, 6.07) is 11.4. The highest BCUT2D eigenvalue weighted by Gasteiger charge is 2.13. The van der Waals surface area contributed by atoms with Crippen molar-refractivity contribution in [3.63, 3.8) is 0 Å². The lowest BCUT2D eigenvalue weighted by Crippen LogP contribution is -2.13. The third kappa shape index (κ3) is 4.04. The molecule has 0 aromatic heterocycles. The number of carbonyl (C=O) groups excluding carboxylic acids is 1. The smallest absolute Gasteiger partial charge is 0.256 e. The van der Waals surface area contributed by atoms with Gasteiger partial charge in [-0.25, -0.2) is 4.39 Å². The van der Waals surface area contributed by atoms with E-state index in [9.17, 15) is 9.18 Å². The molecule has 0 aliphatic rings. The maximum absolute atomic E-state index is 13.4. The third-order valence-corrected chi connectivity index (χ3v) is 3.49. The van der Waals surface area contributed by atoms with Crippen molar-refractivity contribution in [2.24, 2.45) is 0 Å². The Bertz CT molecular complexity index is 641. The lowest BCUT2D eigenvalue weighted by molar-refractivity contribution is 0.102. The first-order valence-electron chi connectivity index (χ1n) is 6.49. The maximum atomic E-state index is 13.4. The minimum atomic E-state index is -0.469. The first-order chi connectivity index (χ1) is 9.97. The first-order valence-corrected chi connectivity index (χ1v) is 7.28. The van der Waals surface area contributed by atoms with Gasteiger partial charge in [0.05, 0.1) is 16.1 Å². The molecule has 0 bridgehead atoms.